The summed E-state index contributed by atoms with van der Waals surface area (Å²) >= 11 is 1.60. The first-order valence-electron chi connectivity index (χ1n) is 5.92. The predicted molar refractivity (Wildman–Crippen MR) is 77.5 cm³/mol. The number of nitrogens with zero attached hydrogens (tertiary/aromatic N) is 3. The molecule has 20 heavy (non-hydrogen) atoms. The first kappa shape index (κ1) is 14.2. The normalized spacial score (nSPS) is 10.3. The summed E-state index contributed by atoms with van der Waals surface area (Å²) in [6.45, 7) is 2.54. The van der Waals surface area contributed by atoms with E-state index in [1.165, 1.54) is 5.56 Å². The van der Waals surface area contributed by atoms with Gasteiger partial charge in [-0.05, 0) is 23.4 Å². The van der Waals surface area contributed by atoms with E-state index in [9.17, 15) is 10.1 Å². The van der Waals surface area contributed by atoms with E-state index in [0.717, 1.165) is 17.5 Å². The van der Waals surface area contributed by atoms with Crippen LogP contribution < -0.4 is 16.6 Å². The Labute approximate surface area is 119 Å². The fourth-order valence-corrected chi connectivity index (χ4v) is 2.63. The van der Waals surface area contributed by atoms with Crippen molar-refractivity contribution in [3.8, 4) is 0 Å². The first-order chi connectivity index (χ1) is 9.65. The van der Waals surface area contributed by atoms with Gasteiger partial charge in [0.2, 0.25) is 11.8 Å². The van der Waals surface area contributed by atoms with Crippen LogP contribution in [0.5, 0.6) is 0 Å². The van der Waals surface area contributed by atoms with Gasteiger partial charge in [0.1, 0.15) is 6.20 Å². The third-order valence-electron chi connectivity index (χ3n) is 2.73. The summed E-state index contributed by atoms with van der Waals surface area (Å²) in [6, 6.07) is 2.04. The molecule has 2 heterocycles. The van der Waals surface area contributed by atoms with E-state index in [1.54, 1.807) is 11.3 Å². The molecular formula is C11H14N6O2S. The summed E-state index contributed by atoms with van der Waals surface area (Å²) in [7, 11) is 0. The molecule has 0 fully saturated rings. The molecule has 0 spiro atoms. The number of hydrogen-bond donors (Lipinski definition) is 3. The third kappa shape index (κ3) is 3.00. The van der Waals surface area contributed by atoms with Crippen LogP contribution in [0.1, 0.15) is 17.4 Å². The monoisotopic (exact) mass is 294 g/mol. The van der Waals surface area contributed by atoms with Gasteiger partial charge in [0.15, 0.2) is 0 Å². The van der Waals surface area contributed by atoms with E-state index >= 15 is 0 Å². The highest BCUT2D eigenvalue weighted by Crippen LogP contribution is 2.24. The average Bonchev–Trinajstić information content (AvgIpc) is 2.91. The largest absolute Gasteiger partial charge is 0.359 e. The number of aromatic nitrogens is 2. The van der Waals surface area contributed by atoms with Crippen molar-refractivity contribution in [2.75, 3.05) is 10.7 Å². The van der Waals surface area contributed by atoms with Crippen LogP contribution >= 0.6 is 11.3 Å². The van der Waals surface area contributed by atoms with Crippen molar-refractivity contribution in [3.63, 3.8) is 0 Å². The van der Waals surface area contributed by atoms with E-state index in [-0.39, 0.29) is 17.5 Å². The number of hydrogen-bond acceptors (Lipinski definition) is 8. The van der Waals surface area contributed by atoms with Crippen molar-refractivity contribution in [1.29, 1.82) is 0 Å². The molecule has 0 unspecified atom stereocenters. The fraction of sp³-hybridized carbons (Fsp3) is 0.273. The van der Waals surface area contributed by atoms with E-state index in [0.29, 0.717) is 6.54 Å². The highest BCUT2D eigenvalue weighted by molar-refractivity contribution is 7.10. The number of thiophene rings is 1. The van der Waals surface area contributed by atoms with Crippen LogP contribution in [-0.4, -0.2) is 14.9 Å². The molecule has 0 aliphatic rings. The molecule has 0 atom stereocenters. The zero-order chi connectivity index (χ0) is 14.5. The van der Waals surface area contributed by atoms with Crippen LogP contribution in [0.4, 0.5) is 17.5 Å². The van der Waals surface area contributed by atoms with E-state index in [1.807, 2.05) is 11.4 Å². The fourth-order valence-electron chi connectivity index (χ4n) is 1.71. The standard InChI is InChI=1S/C11H14N6O2S/c1-2-7-3-4-20-9(7)6-13-10-8(17(18)19)5-14-11(15-10)16-12/h3-5H,2,6,12H2,1H3,(H2,13,14,15,16). The maximum absolute atomic E-state index is 10.9. The summed E-state index contributed by atoms with van der Waals surface area (Å²) in [5, 5.41) is 15.9. The van der Waals surface area contributed by atoms with Gasteiger partial charge in [0, 0.05) is 4.88 Å². The number of hydrazine groups is 1. The van der Waals surface area contributed by atoms with Crippen LogP contribution in [0.15, 0.2) is 17.6 Å². The first-order valence-corrected chi connectivity index (χ1v) is 6.80. The van der Waals surface area contributed by atoms with E-state index in [2.05, 4.69) is 27.6 Å². The molecule has 4 N–H and O–H groups in total. The van der Waals surface area contributed by atoms with E-state index in [4.69, 9.17) is 5.84 Å². The van der Waals surface area contributed by atoms with Gasteiger partial charge in [-0.3, -0.25) is 15.5 Å². The number of nitro groups is 1. The lowest BCUT2D eigenvalue weighted by molar-refractivity contribution is -0.384. The molecule has 106 valence electrons. The Balaban J connectivity index is 2.21. The maximum atomic E-state index is 10.9. The van der Waals surface area contributed by atoms with Crippen LogP contribution in [0, 0.1) is 10.1 Å². The highest BCUT2D eigenvalue weighted by atomic mass is 32.1. The smallest absolute Gasteiger partial charge is 0.329 e. The van der Waals surface area contributed by atoms with Crippen molar-refractivity contribution >= 4 is 28.8 Å². The van der Waals surface area contributed by atoms with Gasteiger partial charge in [-0.2, -0.15) is 4.98 Å². The number of nitrogen functional groups attached to an aromatic ring is 1. The van der Waals surface area contributed by atoms with Crippen LogP contribution in [0.3, 0.4) is 0 Å². The molecule has 0 saturated heterocycles. The zero-order valence-corrected chi connectivity index (χ0v) is 11.6. The Morgan fingerprint density at radius 1 is 1.55 bits per heavy atom. The molecule has 0 bridgehead atoms. The minimum Gasteiger partial charge on any atom is -0.359 e. The molecule has 2 aromatic heterocycles. The number of aryl methyl sites for hydroxylation is 1. The van der Waals surface area contributed by atoms with Crippen molar-refractivity contribution in [1.82, 2.24) is 9.97 Å². The van der Waals surface area contributed by atoms with Gasteiger partial charge in [0.05, 0.1) is 11.5 Å². The minimum absolute atomic E-state index is 0.125. The Bertz CT molecular complexity index is 615. The van der Waals surface area contributed by atoms with Crippen molar-refractivity contribution < 1.29 is 4.92 Å². The second-order valence-corrected chi connectivity index (χ2v) is 4.91. The summed E-state index contributed by atoms with van der Waals surface area (Å²) in [6.07, 6.45) is 2.04. The molecule has 0 aliphatic heterocycles. The van der Waals surface area contributed by atoms with Gasteiger partial charge in [-0.1, -0.05) is 6.92 Å². The molecule has 0 radical (unpaired) electrons. The van der Waals surface area contributed by atoms with Crippen molar-refractivity contribution in [2.24, 2.45) is 5.84 Å². The molecule has 0 aliphatic carbocycles. The Morgan fingerprint density at radius 3 is 3.00 bits per heavy atom. The van der Waals surface area contributed by atoms with Crippen LogP contribution in [-0.2, 0) is 13.0 Å². The lowest BCUT2D eigenvalue weighted by atomic mass is 10.2. The molecule has 0 amide bonds. The zero-order valence-electron chi connectivity index (χ0n) is 10.8. The Hall–Kier alpha value is -2.26. The Morgan fingerprint density at radius 2 is 2.35 bits per heavy atom. The molecule has 8 nitrogen and oxygen atoms in total. The second kappa shape index (κ2) is 6.26. The topological polar surface area (TPSA) is 119 Å². The van der Waals surface area contributed by atoms with Crippen LogP contribution in [0.25, 0.3) is 0 Å². The molecule has 0 aromatic carbocycles. The SMILES string of the molecule is CCc1ccsc1CNc1nc(NN)ncc1[N+](=O)[O-]. The molecular weight excluding hydrogens is 280 g/mol. The third-order valence-corrected chi connectivity index (χ3v) is 3.69. The van der Waals surface area contributed by atoms with Gasteiger partial charge < -0.3 is 5.32 Å². The maximum Gasteiger partial charge on any atom is 0.329 e. The van der Waals surface area contributed by atoms with Gasteiger partial charge in [-0.15, -0.1) is 11.3 Å². The van der Waals surface area contributed by atoms with Gasteiger partial charge >= 0.3 is 5.69 Å². The summed E-state index contributed by atoms with van der Waals surface area (Å²) in [5.74, 6) is 5.48. The number of nitrogens with one attached hydrogen (secondary N) is 2. The van der Waals surface area contributed by atoms with Crippen molar-refractivity contribution in [3.05, 3.63) is 38.2 Å². The minimum atomic E-state index is -0.530. The highest BCUT2D eigenvalue weighted by Gasteiger charge is 2.17. The number of rotatable bonds is 6. The second-order valence-electron chi connectivity index (χ2n) is 3.91. The number of nitrogens with two attached hydrogens (primary N) is 1. The van der Waals surface area contributed by atoms with Crippen LogP contribution in [0.2, 0.25) is 0 Å². The van der Waals surface area contributed by atoms with Gasteiger partial charge in [-0.25, -0.2) is 10.8 Å². The van der Waals surface area contributed by atoms with E-state index < -0.39 is 4.92 Å². The average molecular weight is 294 g/mol. The number of anilines is 2. The molecule has 0 saturated carbocycles. The van der Waals surface area contributed by atoms with Gasteiger partial charge in [0.25, 0.3) is 0 Å². The lowest BCUT2D eigenvalue weighted by Crippen LogP contribution is -2.13. The molecule has 2 aromatic rings. The van der Waals surface area contributed by atoms with Crippen molar-refractivity contribution in [2.45, 2.75) is 19.9 Å². The predicted octanol–water partition coefficient (Wildman–Crippen LogP) is 1.91. The molecule has 2 rings (SSSR count). The summed E-state index contributed by atoms with van der Waals surface area (Å²) < 4.78 is 0. The summed E-state index contributed by atoms with van der Waals surface area (Å²) in [4.78, 5) is 19.2. The molecule has 9 heteroatoms. The quantitative estimate of drug-likeness (QED) is 0.423. The summed E-state index contributed by atoms with van der Waals surface area (Å²) in [5.41, 5.74) is 3.30. The Kier molecular flexibility index (Phi) is 4.43. The lowest BCUT2D eigenvalue weighted by Gasteiger charge is -2.07.